The summed E-state index contributed by atoms with van der Waals surface area (Å²) in [5.74, 6) is 0.977. The van der Waals surface area contributed by atoms with Gasteiger partial charge in [0.2, 0.25) is 0 Å². The molecule has 2 nitrogen and oxygen atoms in total. The van der Waals surface area contributed by atoms with E-state index in [1.165, 1.54) is 53.7 Å². The topological polar surface area (TPSA) is 12.5 Å². The van der Waals surface area contributed by atoms with Gasteiger partial charge < -0.3 is 4.74 Å². The van der Waals surface area contributed by atoms with Crippen LogP contribution in [-0.2, 0) is 11.3 Å². The molecular formula is C29H34ClNO. The molecule has 2 atom stereocenters. The third-order valence-electron chi connectivity index (χ3n) is 7.18. The van der Waals surface area contributed by atoms with Crippen molar-refractivity contribution in [2.45, 2.75) is 51.4 Å². The first kappa shape index (κ1) is 23.0. The number of piperidine rings is 3. The Kier molecular flexibility index (Phi) is 7.35. The van der Waals surface area contributed by atoms with Crippen molar-refractivity contribution in [2.75, 3.05) is 13.1 Å². The Bertz CT molecular complexity index is 938. The number of fused-ring (bicyclic) bond motifs is 3. The Labute approximate surface area is 199 Å². The summed E-state index contributed by atoms with van der Waals surface area (Å²) in [6.45, 7) is 7.43. The summed E-state index contributed by atoms with van der Waals surface area (Å²) in [4.78, 5) is 2.71. The van der Waals surface area contributed by atoms with E-state index in [9.17, 15) is 0 Å². The minimum absolute atomic E-state index is 0. The molecule has 3 aromatic rings. The van der Waals surface area contributed by atoms with E-state index in [4.69, 9.17) is 4.74 Å². The molecule has 0 aliphatic carbocycles. The van der Waals surface area contributed by atoms with Gasteiger partial charge in [-0.25, -0.2) is 0 Å². The fourth-order valence-electron chi connectivity index (χ4n) is 5.92. The zero-order valence-corrected chi connectivity index (χ0v) is 19.9. The summed E-state index contributed by atoms with van der Waals surface area (Å²) in [6, 6.07) is 29.3. The van der Waals surface area contributed by atoms with E-state index in [1.54, 1.807) is 0 Å². The van der Waals surface area contributed by atoms with Gasteiger partial charge in [0.25, 0.3) is 0 Å². The second-order valence-corrected chi connectivity index (χ2v) is 9.43. The lowest BCUT2D eigenvalue weighted by atomic mass is 9.72. The molecule has 3 saturated heterocycles. The van der Waals surface area contributed by atoms with Crippen molar-refractivity contribution < 1.29 is 4.74 Å². The highest BCUT2D eigenvalue weighted by Gasteiger charge is 2.47. The molecule has 0 saturated carbocycles. The second kappa shape index (κ2) is 10.2. The number of benzene rings is 3. The van der Waals surface area contributed by atoms with Gasteiger partial charge >= 0.3 is 0 Å². The minimum atomic E-state index is 0. The number of aryl methyl sites for hydroxylation is 2. The molecule has 3 aliphatic rings. The normalized spacial score (nSPS) is 24.3. The largest absolute Gasteiger partial charge is 0.372 e. The van der Waals surface area contributed by atoms with Gasteiger partial charge in [-0.3, -0.25) is 4.90 Å². The summed E-state index contributed by atoms with van der Waals surface area (Å²) < 4.78 is 6.81. The number of halogens is 1. The first-order valence-corrected chi connectivity index (χ1v) is 11.7. The number of hydrogen-bond acceptors (Lipinski definition) is 2. The Morgan fingerprint density at radius 2 is 1.34 bits per heavy atom. The minimum Gasteiger partial charge on any atom is -0.372 e. The van der Waals surface area contributed by atoms with Crippen LogP contribution < -0.4 is 0 Å². The van der Waals surface area contributed by atoms with Gasteiger partial charge in [0.1, 0.15) is 0 Å². The SMILES string of the molecule is Cc1cc(C)cc(CO[C@@H]2C3CCN(CC3)[C@H]2C(c2ccccc2)c2ccccc2)c1.Cl. The summed E-state index contributed by atoms with van der Waals surface area (Å²) in [5, 5.41) is 0. The van der Waals surface area contributed by atoms with E-state index in [-0.39, 0.29) is 18.5 Å². The van der Waals surface area contributed by atoms with Crippen molar-refractivity contribution in [3.63, 3.8) is 0 Å². The first-order chi connectivity index (χ1) is 15.2. The lowest BCUT2D eigenvalue weighted by Gasteiger charge is -2.53. The van der Waals surface area contributed by atoms with E-state index in [1.807, 2.05) is 0 Å². The third kappa shape index (κ3) is 4.78. The standard InChI is InChI=1S/C29H33NO.ClH/c1-21-17-22(2)19-23(18-21)20-31-29-26-13-15-30(16-14-26)28(29)27(24-9-5-3-6-10-24)25-11-7-4-8-12-25;/h3-12,17-19,26-29H,13-16,20H2,1-2H3;1H/t28-,29+;/m0./s1. The molecule has 0 aromatic heterocycles. The van der Waals surface area contributed by atoms with Gasteiger partial charge in [0.05, 0.1) is 12.7 Å². The van der Waals surface area contributed by atoms with Crippen molar-refractivity contribution in [2.24, 2.45) is 5.92 Å². The third-order valence-corrected chi connectivity index (χ3v) is 7.18. The fraction of sp³-hybridized carbons (Fsp3) is 0.379. The summed E-state index contributed by atoms with van der Waals surface area (Å²) >= 11 is 0. The van der Waals surface area contributed by atoms with Crippen LogP contribution in [0.5, 0.6) is 0 Å². The van der Waals surface area contributed by atoms with E-state index in [2.05, 4.69) is 97.6 Å². The zero-order valence-electron chi connectivity index (χ0n) is 19.1. The Morgan fingerprint density at radius 1 is 0.812 bits per heavy atom. The summed E-state index contributed by atoms with van der Waals surface area (Å²) in [7, 11) is 0. The molecule has 0 amide bonds. The van der Waals surface area contributed by atoms with Crippen molar-refractivity contribution in [1.82, 2.24) is 4.90 Å². The van der Waals surface area contributed by atoms with Gasteiger partial charge in [0, 0.05) is 12.0 Å². The quantitative estimate of drug-likeness (QED) is 0.425. The highest BCUT2D eigenvalue weighted by molar-refractivity contribution is 5.85. The van der Waals surface area contributed by atoms with Gasteiger partial charge in [-0.05, 0) is 62.4 Å². The molecule has 168 valence electrons. The predicted molar refractivity (Wildman–Crippen MR) is 135 cm³/mol. The maximum Gasteiger partial charge on any atom is 0.0773 e. The highest BCUT2D eigenvalue weighted by Crippen LogP contribution is 2.43. The molecular weight excluding hydrogens is 414 g/mol. The van der Waals surface area contributed by atoms with E-state index >= 15 is 0 Å². The molecule has 6 rings (SSSR count). The summed E-state index contributed by atoms with van der Waals surface area (Å²) in [5.41, 5.74) is 6.71. The van der Waals surface area contributed by atoms with Gasteiger partial charge in [-0.15, -0.1) is 12.4 Å². The van der Waals surface area contributed by atoms with Gasteiger partial charge in [-0.1, -0.05) is 90.0 Å². The van der Waals surface area contributed by atoms with Gasteiger partial charge in [0.15, 0.2) is 0 Å². The van der Waals surface area contributed by atoms with E-state index in [0.29, 0.717) is 24.5 Å². The van der Waals surface area contributed by atoms with Crippen LogP contribution in [0.1, 0.15) is 46.6 Å². The number of rotatable bonds is 6. The average molecular weight is 448 g/mol. The number of ether oxygens (including phenoxy) is 1. The van der Waals surface area contributed by atoms with Crippen LogP contribution in [0.2, 0.25) is 0 Å². The molecule has 32 heavy (non-hydrogen) atoms. The number of nitrogens with zero attached hydrogens (tertiary/aromatic N) is 1. The maximum atomic E-state index is 6.81. The van der Waals surface area contributed by atoms with Crippen LogP contribution in [-0.4, -0.2) is 30.1 Å². The zero-order chi connectivity index (χ0) is 21.2. The molecule has 0 radical (unpaired) electrons. The van der Waals surface area contributed by atoms with Crippen molar-refractivity contribution in [3.8, 4) is 0 Å². The molecule has 3 aromatic carbocycles. The molecule has 3 aliphatic heterocycles. The molecule has 3 heterocycles. The Balaban J connectivity index is 0.00000245. The molecule has 3 fully saturated rings. The highest BCUT2D eigenvalue weighted by atomic mass is 35.5. The smallest absolute Gasteiger partial charge is 0.0773 e. The van der Waals surface area contributed by atoms with Crippen LogP contribution >= 0.6 is 12.4 Å². The van der Waals surface area contributed by atoms with Crippen LogP contribution in [0.15, 0.2) is 78.9 Å². The molecule has 0 spiro atoms. The summed E-state index contributed by atoms with van der Waals surface area (Å²) in [6.07, 6.45) is 2.77. The molecule has 2 bridgehead atoms. The predicted octanol–water partition coefficient (Wildman–Crippen LogP) is 6.54. The first-order valence-electron chi connectivity index (χ1n) is 11.7. The maximum absolute atomic E-state index is 6.81. The van der Waals surface area contributed by atoms with Crippen molar-refractivity contribution >= 4 is 12.4 Å². The lowest BCUT2D eigenvalue weighted by Crippen LogP contribution is -2.60. The van der Waals surface area contributed by atoms with E-state index < -0.39 is 0 Å². The van der Waals surface area contributed by atoms with Crippen LogP contribution in [0.3, 0.4) is 0 Å². The average Bonchev–Trinajstić information content (AvgIpc) is 2.80. The van der Waals surface area contributed by atoms with Crippen LogP contribution in [0.4, 0.5) is 0 Å². The second-order valence-electron chi connectivity index (χ2n) is 9.43. The Morgan fingerprint density at radius 3 is 1.88 bits per heavy atom. The number of hydrogen-bond donors (Lipinski definition) is 0. The Hall–Kier alpha value is -2.13. The molecule has 0 N–H and O–H groups in total. The molecule has 3 heteroatoms. The van der Waals surface area contributed by atoms with Crippen molar-refractivity contribution in [1.29, 1.82) is 0 Å². The van der Waals surface area contributed by atoms with Crippen LogP contribution in [0, 0.1) is 19.8 Å². The van der Waals surface area contributed by atoms with E-state index in [0.717, 1.165) is 0 Å². The lowest BCUT2D eigenvalue weighted by molar-refractivity contribution is -0.120. The fourth-order valence-corrected chi connectivity index (χ4v) is 5.92. The monoisotopic (exact) mass is 447 g/mol. The van der Waals surface area contributed by atoms with Crippen LogP contribution in [0.25, 0.3) is 0 Å². The van der Waals surface area contributed by atoms with Crippen molar-refractivity contribution in [3.05, 3.63) is 107 Å². The van der Waals surface area contributed by atoms with Gasteiger partial charge in [-0.2, -0.15) is 0 Å². The molecule has 0 unspecified atom stereocenters.